The molecule has 8 atom stereocenters. The molecule has 0 aromatic heterocycles. The Morgan fingerprint density at radius 1 is 0.818 bits per heavy atom. The topological polar surface area (TPSA) is 20.2 Å². The van der Waals surface area contributed by atoms with Crippen LogP contribution in [0.25, 0.3) is 0 Å². The molecule has 1 N–H and O–H groups in total. The van der Waals surface area contributed by atoms with Crippen molar-refractivity contribution < 1.29 is 5.11 Å². The van der Waals surface area contributed by atoms with E-state index in [-0.39, 0.29) is 5.60 Å². The molecule has 5 fully saturated rings. The molecule has 5 aliphatic rings. The Morgan fingerprint density at radius 2 is 1.68 bits per heavy atom. The summed E-state index contributed by atoms with van der Waals surface area (Å²) in [4.78, 5) is 0. The van der Waals surface area contributed by atoms with Crippen LogP contribution >= 0.6 is 0 Å². The van der Waals surface area contributed by atoms with Crippen LogP contribution in [-0.4, -0.2) is 10.7 Å². The summed E-state index contributed by atoms with van der Waals surface area (Å²) in [6.45, 7) is 4.80. The Kier molecular flexibility index (Phi) is 2.81. The molecule has 1 nitrogen and oxygen atoms in total. The third-order valence-corrected chi connectivity index (χ3v) is 9.74. The molecular weight excluding hydrogens is 268 g/mol. The van der Waals surface area contributed by atoms with Gasteiger partial charge in [-0.1, -0.05) is 19.8 Å². The van der Waals surface area contributed by atoms with Crippen molar-refractivity contribution in [2.24, 2.45) is 40.4 Å². The summed E-state index contributed by atoms with van der Waals surface area (Å²) in [5, 5.41) is 10.7. The van der Waals surface area contributed by atoms with Crippen molar-refractivity contribution in [2.75, 3.05) is 0 Å². The first-order valence-corrected chi connectivity index (χ1v) is 10.2. The third-order valence-electron chi connectivity index (χ3n) is 9.74. The predicted molar refractivity (Wildman–Crippen MR) is 89.4 cm³/mol. The fraction of sp³-hybridized carbons (Fsp3) is 1.00. The number of fused-ring (bicyclic) bond motifs is 4. The van der Waals surface area contributed by atoms with Crippen molar-refractivity contribution in [3.63, 3.8) is 0 Å². The molecule has 0 amide bonds. The molecule has 0 aliphatic heterocycles. The van der Waals surface area contributed by atoms with E-state index in [0.29, 0.717) is 16.7 Å². The maximum atomic E-state index is 10.7. The van der Waals surface area contributed by atoms with Crippen LogP contribution in [0.15, 0.2) is 0 Å². The highest BCUT2D eigenvalue weighted by Crippen LogP contribution is 2.74. The number of hydrogen-bond donors (Lipinski definition) is 1. The van der Waals surface area contributed by atoms with Gasteiger partial charge >= 0.3 is 0 Å². The average molecular weight is 303 g/mol. The summed E-state index contributed by atoms with van der Waals surface area (Å²) >= 11 is 0. The second-order valence-electron chi connectivity index (χ2n) is 10.3. The fourth-order valence-corrected chi connectivity index (χ4v) is 9.04. The van der Waals surface area contributed by atoms with Crippen molar-refractivity contribution in [3.05, 3.63) is 0 Å². The van der Waals surface area contributed by atoms with Gasteiger partial charge in [-0.05, 0) is 105 Å². The van der Waals surface area contributed by atoms with E-state index < -0.39 is 0 Å². The Hall–Kier alpha value is -0.0400. The normalized spacial score (nSPS) is 63.1. The van der Waals surface area contributed by atoms with Gasteiger partial charge in [0.1, 0.15) is 0 Å². The minimum absolute atomic E-state index is 0.326. The van der Waals surface area contributed by atoms with E-state index in [1.165, 1.54) is 64.2 Å². The van der Waals surface area contributed by atoms with Crippen LogP contribution < -0.4 is 0 Å². The highest BCUT2D eigenvalue weighted by atomic mass is 16.3. The van der Waals surface area contributed by atoms with Gasteiger partial charge in [0.25, 0.3) is 0 Å². The van der Waals surface area contributed by atoms with Gasteiger partial charge in [0, 0.05) is 0 Å². The van der Waals surface area contributed by atoms with Gasteiger partial charge in [-0.3, -0.25) is 0 Å². The summed E-state index contributed by atoms with van der Waals surface area (Å²) in [6.07, 6.45) is 15.9. The van der Waals surface area contributed by atoms with Crippen molar-refractivity contribution in [3.8, 4) is 0 Å². The van der Waals surface area contributed by atoms with Crippen LogP contribution in [0, 0.1) is 40.4 Å². The lowest BCUT2D eigenvalue weighted by Crippen LogP contribution is -2.63. The maximum absolute atomic E-state index is 10.7. The number of rotatable bonds is 0. The molecule has 5 aliphatic carbocycles. The molecule has 1 unspecified atom stereocenters. The van der Waals surface area contributed by atoms with Crippen molar-refractivity contribution >= 4 is 0 Å². The number of hydrogen-bond acceptors (Lipinski definition) is 1. The van der Waals surface area contributed by atoms with Crippen LogP contribution in [0.5, 0.6) is 0 Å². The molecule has 22 heavy (non-hydrogen) atoms. The molecular formula is C21H34O. The summed E-state index contributed by atoms with van der Waals surface area (Å²) in [7, 11) is 0. The SMILES string of the molecule is C[C@]12CCCC[C@@H]1CC[C@H]1[C@@H]3CC[C@H]4C3(CC[C@@H]12)C[C@]4(C)O. The Labute approximate surface area is 136 Å². The first-order valence-electron chi connectivity index (χ1n) is 10.2. The summed E-state index contributed by atoms with van der Waals surface area (Å²) in [5.74, 6) is 4.68. The monoisotopic (exact) mass is 302 g/mol. The van der Waals surface area contributed by atoms with Crippen LogP contribution in [-0.2, 0) is 0 Å². The Morgan fingerprint density at radius 3 is 2.50 bits per heavy atom. The van der Waals surface area contributed by atoms with E-state index >= 15 is 0 Å². The van der Waals surface area contributed by atoms with Crippen molar-refractivity contribution in [1.82, 2.24) is 0 Å². The molecule has 0 heterocycles. The predicted octanol–water partition coefficient (Wildman–Crippen LogP) is 5.17. The molecule has 5 rings (SSSR count). The number of aliphatic hydroxyl groups is 1. The molecule has 0 aromatic carbocycles. The van der Waals surface area contributed by atoms with E-state index in [1.807, 2.05) is 0 Å². The van der Waals surface area contributed by atoms with Gasteiger partial charge in [-0.15, -0.1) is 0 Å². The second kappa shape index (κ2) is 4.32. The smallest absolute Gasteiger partial charge is 0.0658 e. The quantitative estimate of drug-likeness (QED) is 0.654. The van der Waals surface area contributed by atoms with Gasteiger partial charge in [0.05, 0.1) is 5.60 Å². The van der Waals surface area contributed by atoms with Crippen molar-refractivity contribution in [1.29, 1.82) is 0 Å². The average Bonchev–Trinajstić information content (AvgIpc) is 2.80. The van der Waals surface area contributed by atoms with Gasteiger partial charge in [0.2, 0.25) is 0 Å². The zero-order valence-corrected chi connectivity index (χ0v) is 14.6. The molecule has 124 valence electrons. The highest BCUT2D eigenvalue weighted by Gasteiger charge is 2.70. The first-order chi connectivity index (χ1) is 10.5. The van der Waals surface area contributed by atoms with Gasteiger partial charge in [-0.2, -0.15) is 0 Å². The van der Waals surface area contributed by atoms with E-state index in [9.17, 15) is 5.11 Å². The minimum atomic E-state index is -0.326. The van der Waals surface area contributed by atoms with Gasteiger partial charge in [-0.25, -0.2) is 0 Å². The minimum Gasteiger partial charge on any atom is -0.390 e. The molecule has 1 spiro atoms. The van der Waals surface area contributed by atoms with Crippen LogP contribution in [0.4, 0.5) is 0 Å². The van der Waals surface area contributed by atoms with Crippen LogP contribution in [0.2, 0.25) is 0 Å². The second-order valence-corrected chi connectivity index (χ2v) is 10.3. The lowest BCUT2D eigenvalue weighted by atomic mass is 9.39. The van der Waals surface area contributed by atoms with E-state index in [4.69, 9.17) is 0 Å². The standard InChI is InChI=1S/C21H34O/c1-19-11-4-3-5-14(19)6-7-15-16(19)10-12-21-13-20(2,22)18(21)9-8-17(15)21/h14-18,22H,3-13H2,1-2H3/t14-,15-,16+,17+,18-,19+,20+,21?/m1/s1. The van der Waals surface area contributed by atoms with E-state index in [2.05, 4.69) is 13.8 Å². The molecule has 5 saturated carbocycles. The largest absolute Gasteiger partial charge is 0.390 e. The van der Waals surface area contributed by atoms with Crippen LogP contribution in [0.3, 0.4) is 0 Å². The summed E-state index contributed by atoms with van der Waals surface area (Å²) in [6, 6.07) is 0. The first kappa shape index (κ1) is 14.3. The molecule has 0 saturated heterocycles. The van der Waals surface area contributed by atoms with Gasteiger partial charge in [0.15, 0.2) is 0 Å². The Balaban J connectivity index is 1.46. The lowest BCUT2D eigenvalue weighted by Gasteiger charge is -2.66. The van der Waals surface area contributed by atoms with E-state index in [1.54, 1.807) is 0 Å². The van der Waals surface area contributed by atoms with Gasteiger partial charge < -0.3 is 5.11 Å². The van der Waals surface area contributed by atoms with Crippen molar-refractivity contribution in [2.45, 2.75) is 90.1 Å². The summed E-state index contributed by atoms with van der Waals surface area (Å²) < 4.78 is 0. The fourth-order valence-electron chi connectivity index (χ4n) is 9.04. The maximum Gasteiger partial charge on any atom is 0.0658 e. The third kappa shape index (κ3) is 1.55. The lowest BCUT2D eigenvalue weighted by molar-refractivity contribution is -0.223. The molecule has 0 radical (unpaired) electrons. The van der Waals surface area contributed by atoms with Crippen LogP contribution in [0.1, 0.15) is 84.5 Å². The van der Waals surface area contributed by atoms with E-state index in [0.717, 1.165) is 30.1 Å². The zero-order chi connectivity index (χ0) is 15.2. The summed E-state index contributed by atoms with van der Waals surface area (Å²) in [5.41, 5.74) is 0.920. The zero-order valence-electron chi connectivity index (χ0n) is 14.6. The highest BCUT2D eigenvalue weighted by molar-refractivity contribution is 5.19. The molecule has 0 bridgehead atoms. The molecule has 1 heteroatoms. The molecule has 0 aromatic rings. The Bertz CT molecular complexity index is 482.